The minimum atomic E-state index is -3.28. The summed E-state index contributed by atoms with van der Waals surface area (Å²) in [5.41, 5.74) is 0.629. The molecule has 1 saturated heterocycles. The van der Waals surface area contributed by atoms with E-state index in [9.17, 15) is 13.2 Å². The first-order chi connectivity index (χ1) is 9.48. The summed E-state index contributed by atoms with van der Waals surface area (Å²) < 4.78 is 26.0. The summed E-state index contributed by atoms with van der Waals surface area (Å²) in [4.78, 5) is 11.0. The Morgan fingerprint density at radius 1 is 1.45 bits per heavy atom. The Balaban J connectivity index is 1.83. The lowest BCUT2D eigenvalue weighted by molar-refractivity contribution is -0.138. The Kier molecular flexibility index (Phi) is 3.25. The van der Waals surface area contributed by atoms with E-state index in [0.29, 0.717) is 25.1 Å². The van der Waals surface area contributed by atoms with E-state index in [0.717, 1.165) is 0 Å². The number of aromatic nitrogens is 3. The van der Waals surface area contributed by atoms with Gasteiger partial charge < -0.3 is 5.11 Å². The predicted octanol–water partition coefficient (Wildman–Crippen LogP) is -0.213. The number of nitrogens with zero attached hydrogens (tertiary/aromatic N) is 3. The third-order valence-corrected chi connectivity index (χ3v) is 6.30. The summed E-state index contributed by atoms with van der Waals surface area (Å²) in [5.74, 6) is -1.39. The van der Waals surface area contributed by atoms with Gasteiger partial charge in [0.25, 0.3) is 0 Å². The summed E-state index contributed by atoms with van der Waals surface area (Å²) >= 11 is 0. The predicted molar refractivity (Wildman–Crippen MR) is 68.4 cm³/mol. The first-order valence-electron chi connectivity index (χ1n) is 6.55. The van der Waals surface area contributed by atoms with Crippen LogP contribution in [-0.4, -0.2) is 57.5 Å². The molecule has 2 heterocycles. The lowest BCUT2D eigenvalue weighted by Crippen LogP contribution is -2.32. The van der Waals surface area contributed by atoms with Gasteiger partial charge >= 0.3 is 5.97 Å². The van der Waals surface area contributed by atoms with Crippen molar-refractivity contribution in [2.75, 3.05) is 13.1 Å². The van der Waals surface area contributed by atoms with Gasteiger partial charge in [-0.25, -0.2) is 12.7 Å². The van der Waals surface area contributed by atoms with Gasteiger partial charge in [0, 0.05) is 19.0 Å². The van der Waals surface area contributed by atoms with Gasteiger partial charge in [0.15, 0.2) is 0 Å². The van der Waals surface area contributed by atoms with Gasteiger partial charge in [-0.1, -0.05) is 0 Å². The van der Waals surface area contributed by atoms with Crippen molar-refractivity contribution in [2.24, 2.45) is 5.92 Å². The van der Waals surface area contributed by atoms with E-state index < -0.39 is 16.0 Å². The summed E-state index contributed by atoms with van der Waals surface area (Å²) in [6, 6.07) is 0. The van der Waals surface area contributed by atoms with Crippen LogP contribution in [0.3, 0.4) is 0 Å². The van der Waals surface area contributed by atoms with Gasteiger partial charge in [0.05, 0.1) is 23.6 Å². The van der Waals surface area contributed by atoms with Crippen LogP contribution in [0.4, 0.5) is 0 Å². The van der Waals surface area contributed by atoms with Gasteiger partial charge in [0.1, 0.15) is 0 Å². The monoisotopic (exact) mass is 300 g/mol. The Hall–Kier alpha value is -1.48. The standard InChI is InChI=1S/C11H16N4O4S/c16-11(17)3-7-5-15(20(18,19)8-1-2-8)6-9(7)10-4-12-14-13-10/h4,7-9H,1-3,5-6H2,(H,16,17)(H,12,13,14)/t7-,9+/m0/s1. The second kappa shape index (κ2) is 4.81. The van der Waals surface area contributed by atoms with Crippen LogP contribution in [0.2, 0.25) is 0 Å². The number of nitrogens with one attached hydrogen (secondary N) is 1. The number of sulfonamides is 1. The van der Waals surface area contributed by atoms with Crippen molar-refractivity contribution in [3.8, 4) is 0 Å². The molecule has 0 spiro atoms. The fraction of sp³-hybridized carbons (Fsp3) is 0.727. The van der Waals surface area contributed by atoms with E-state index in [1.54, 1.807) is 0 Å². The minimum absolute atomic E-state index is 0.0613. The van der Waals surface area contributed by atoms with Crippen LogP contribution in [0.1, 0.15) is 30.9 Å². The van der Waals surface area contributed by atoms with Crippen molar-refractivity contribution in [3.05, 3.63) is 11.9 Å². The maximum Gasteiger partial charge on any atom is 0.303 e. The van der Waals surface area contributed by atoms with Crippen LogP contribution in [0, 0.1) is 5.92 Å². The van der Waals surface area contributed by atoms with Gasteiger partial charge in [0.2, 0.25) is 10.0 Å². The minimum Gasteiger partial charge on any atom is -0.481 e. The molecule has 0 amide bonds. The molecule has 2 N–H and O–H groups in total. The van der Waals surface area contributed by atoms with Crippen LogP contribution < -0.4 is 0 Å². The van der Waals surface area contributed by atoms with E-state index in [4.69, 9.17) is 5.11 Å². The smallest absolute Gasteiger partial charge is 0.303 e. The van der Waals surface area contributed by atoms with Crippen LogP contribution in [-0.2, 0) is 14.8 Å². The van der Waals surface area contributed by atoms with Gasteiger partial charge in [-0.2, -0.15) is 15.4 Å². The third kappa shape index (κ3) is 2.42. The van der Waals surface area contributed by atoms with E-state index >= 15 is 0 Å². The molecule has 9 heteroatoms. The second-order valence-electron chi connectivity index (χ2n) is 5.42. The number of hydrogen-bond donors (Lipinski definition) is 2. The molecule has 20 heavy (non-hydrogen) atoms. The molecule has 1 aromatic rings. The number of rotatable bonds is 5. The highest BCUT2D eigenvalue weighted by Crippen LogP contribution is 2.39. The summed E-state index contributed by atoms with van der Waals surface area (Å²) in [6.07, 6.45) is 2.88. The molecule has 2 fully saturated rings. The largest absolute Gasteiger partial charge is 0.481 e. The number of H-pyrrole nitrogens is 1. The molecule has 1 aliphatic heterocycles. The zero-order chi connectivity index (χ0) is 14.3. The van der Waals surface area contributed by atoms with E-state index in [-0.39, 0.29) is 30.1 Å². The molecule has 3 rings (SSSR count). The van der Waals surface area contributed by atoms with Gasteiger partial charge in [-0.15, -0.1) is 0 Å². The SMILES string of the molecule is O=C(O)C[C@H]1CN(S(=O)(=O)C2CC2)C[C@H]1c1cn[nH]n1. The van der Waals surface area contributed by atoms with Gasteiger partial charge in [-0.05, 0) is 18.8 Å². The molecule has 1 aromatic heterocycles. The molecule has 0 radical (unpaired) electrons. The highest BCUT2D eigenvalue weighted by atomic mass is 32.2. The molecule has 110 valence electrons. The maximum absolute atomic E-state index is 12.3. The molecule has 8 nitrogen and oxygen atoms in total. The van der Waals surface area contributed by atoms with E-state index in [1.165, 1.54) is 10.5 Å². The van der Waals surface area contributed by atoms with E-state index in [1.807, 2.05) is 0 Å². The van der Waals surface area contributed by atoms with Crippen LogP contribution in [0.25, 0.3) is 0 Å². The molecular weight excluding hydrogens is 284 g/mol. The van der Waals surface area contributed by atoms with Crippen molar-refractivity contribution < 1.29 is 18.3 Å². The Morgan fingerprint density at radius 2 is 2.20 bits per heavy atom. The van der Waals surface area contributed by atoms with E-state index in [2.05, 4.69) is 15.4 Å². The molecule has 0 aromatic carbocycles. The van der Waals surface area contributed by atoms with Crippen molar-refractivity contribution in [1.29, 1.82) is 0 Å². The molecule has 0 bridgehead atoms. The first-order valence-corrected chi connectivity index (χ1v) is 8.05. The maximum atomic E-state index is 12.3. The lowest BCUT2D eigenvalue weighted by Gasteiger charge is -2.15. The summed E-state index contributed by atoms with van der Waals surface area (Å²) in [6.45, 7) is 0.548. The Labute approximate surface area is 116 Å². The summed E-state index contributed by atoms with van der Waals surface area (Å²) in [7, 11) is -3.28. The molecule has 2 aliphatic rings. The number of carboxylic acid groups (broad SMARTS) is 1. The van der Waals surface area contributed by atoms with Crippen LogP contribution in [0.15, 0.2) is 6.20 Å². The van der Waals surface area contributed by atoms with Crippen LogP contribution >= 0.6 is 0 Å². The topological polar surface area (TPSA) is 116 Å². The van der Waals surface area contributed by atoms with Gasteiger partial charge in [-0.3, -0.25) is 4.79 Å². The highest BCUT2D eigenvalue weighted by molar-refractivity contribution is 7.90. The molecule has 2 atom stereocenters. The summed E-state index contributed by atoms with van der Waals surface area (Å²) in [5, 5.41) is 18.9. The lowest BCUT2D eigenvalue weighted by atomic mass is 9.91. The normalized spacial score (nSPS) is 27.8. The fourth-order valence-electron chi connectivity index (χ4n) is 2.77. The molecule has 0 unspecified atom stereocenters. The number of aliphatic carboxylic acids is 1. The van der Waals surface area contributed by atoms with Crippen molar-refractivity contribution in [1.82, 2.24) is 19.7 Å². The van der Waals surface area contributed by atoms with Crippen molar-refractivity contribution >= 4 is 16.0 Å². The Bertz CT molecular complexity index is 596. The van der Waals surface area contributed by atoms with Crippen molar-refractivity contribution in [3.63, 3.8) is 0 Å². The molecule has 1 saturated carbocycles. The fourth-order valence-corrected chi connectivity index (χ4v) is 4.69. The average molecular weight is 300 g/mol. The zero-order valence-corrected chi connectivity index (χ0v) is 11.6. The Morgan fingerprint density at radius 3 is 2.75 bits per heavy atom. The third-order valence-electron chi connectivity index (χ3n) is 3.96. The number of carbonyl (C=O) groups is 1. The first kappa shape index (κ1) is 13.5. The molecule has 1 aliphatic carbocycles. The number of hydrogen-bond acceptors (Lipinski definition) is 5. The highest BCUT2D eigenvalue weighted by Gasteiger charge is 2.47. The number of carboxylic acids is 1. The molecular formula is C11H16N4O4S. The van der Waals surface area contributed by atoms with Crippen LogP contribution in [0.5, 0.6) is 0 Å². The average Bonchev–Trinajstić information content (AvgIpc) is 2.95. The van der Waals surface area contributed by atoms with Crippen molar-refractivity contribution in [2.45, 2.75) is 30.4 Å². The quantitative estimate of drug-likeness (QED) is 0.777. The second-order valence-corrected chi connectivity index (χ2v) is 7.63. The number of aromatic amines is 1. The zero-order valence-electron chi connectivity index (χ0n) is 10.8.